The second-order valence-corrected chi connectivity index (χ2v) is 5.55. The first-order chi connectivity index (χ1) is 7.79. The van der Waals surface area contributed by atoms with E-state index in [-0.39, 0.29) is 5.41 Å². The van der Waals surface area contributed by atoms with Gasteiger partial charge >= 0.3 is 7.12 Å². The van der Waals surface area contributed by atoms with E-state index in [1.165, 1.54) is 0 Å². The van der Waals surface area contributed by atoms with E-state index >= 15 is 0 Å². The lowest BCUT2D eigenvalue weighted by Gasteiger charge is -2.18. The Morgan fingerprint density at radius 3 is 2.35 bits per heavy atom. The van der Waals surface area contributed by atoms with E-state index in [2.05, 4.69) is 20.8 Å². The van der Waals surface area contributed by atoms with Gasteiger partial charge in [-0.15, -0.1) is 0 Å². The van der Waals surface area contributed by atoms with Gasteiger partial charge in [-0.05, 0) is 41.9 Å². The summed E-state index contributed by atoms with van der Waals surface area (Å²) in [6.45, 7) is 9.03. The van der Waals surface area contributed by atoms with Crippen LogP contribution < -0.4 is 10.2 Å². The van der Waals surface area contributed by atoms with Gasteiger partial charge in [-0.3, -0.25) is 0 Å². The third kappa shape index (κ3) is 4.80. The van der Waals surface area contributed by atoms with E-state index in [0.717, 1.165) is 17.7 Å². The molecule has 0 atom stereocenters. The largest absolute Gasteiger partial charge is 0.494 e. The first kappa shape index (κ1) is 14.1. The minimum atomic E-state index is -1.42. The van der Waals surface area contributed by atoms with Crippen LogP contribution in [0.3, 0.4) is 0 Å². The van der Waals surface area contributed by atoms with Crippen LogP contribution in [0.25, 0.3) is 0 Å². The molecule has 0 spiro atoms. The Kier molecular flexibility index (Phi) is 4.60. The maximum Gasteiger partial charge on any atom is 0.488 e. The second kappa shape index (κ2) is 5.56. The Morgan fingerprint density at radius 2 is 1.88 bits per heavy atom. The van der Waals surface area contributed by atoms with Crippen molar-refractivity contribution in [2.75, 3.05) is 6.61 Å². The van der Waals surface area contributed by atoms with Gasteiger partial charge in [0.2, 0.25) is 0 Å². The van der Waals surface area contributed by atoms with E-state index in [9.17, 15) is 0 Å². The van der Waals surface area contributed by atoms with Crippen molar-refractivity contribution in [3.63, 3.8) is 0 Å². The average Bonchev–Trinajstić information content (AvgIpc) is 2.15. The second-order valence-electron chi connectivity index (χ2n) is 5.55. The number of benzene rings is 1. The predicted octanol–water partition coefficient (Wildman–Crippen LogP) is 1.49. The van der Waals surface area contributed by atoms with E-state index < -0.39 is 7.12 Å². The molecule has 3 nitrogen and oxygen atoms in total. The summed E-state index contributed by atoms with van der Waals surface area (Å²) in [5.41, 5.74) is 1.61. The standard InChI is InChI=1S/C13H21BO3/c1-10-9-11(5-6-12(10)14(15)16)17-8-7-13(2,3)4/h5-6,9,15-16H,7-8H2,1-4H3. The molecule has 1 rings (SSSR count). The van der Waals surface area contributed by atoms with Crippen molar-refractivity contribution < 1.29 is 14.8 Å². The Hall–Kier alpha value is -0.995. The lowest BCUT2D eigenvalue weighted by Crippen LogP contribution is -2.31. The minimum Gasteiger partial charge on any atom is -0.494 e. The van der Waals surface area contributed by atoms with Gasteiger partial charge in [0.25, 0.3) is 0 Å². The normalized spacial score (nSPS) is 11.4. The lowest BCUT2D eigenvalue weighted by molar-refractivity contribution is 0.243. The Bertz CT molecular complexity index is 369. The smallest absolute Gasteiger partial charge is 0.488 e. The third-order valence-corrected chi connectivity index (χ3v) is 2.64. The van der Waals surface area contributed by atoms with Crippen LogP contribution in [-0.4, -0.2) is 23.8 Å². The Labute approximate surface area is 104 Å². The van der Waals surface area contributed by atoms with Crippen LogP contribution in [0.2, 0.25) is 0 Å². The molecule has 0 saturated heterocycles. The number of hydrogen-bond acceptors (Lipinski definition) is 3. The molecule has 2 N–H and O–H groups in total. The van der Waals surface area contributed by atoms with Crippen LogP contribution in [0.4, 0.5) is 0 Å². The van der Waals surface area contributed by atoms with Crippen molar-refractivity contribution in [2.24, 2.45) is 5.41 Å². The van der Waals surface area contributed by atoms with Crippen molar-refractivity contribution in [2.45, 2.75) is 34.1 Å². The zero-order valence-electron chi connectivity index (χ0n) is 11.0. The van der Waals surface area contributed by atoms with Crippen LogP contribution >= 0.6 is 0 Å². The van der Waals surface area contributed by atoms with Gasteiger partial charge in [0, 0.05) is 0 Å². The molecule has 0 radical (unpaired) electrons. The summed E-state index contributed by atoms with van der Waals surface area (Å²) in [4.78, 5) is 0. The van der Waals surface area contributed by atoms with Gasteiger partial charge in [-0.2, -0.15) is 0 Å². The number of hydrogen-bond donors (Lipinski definition) is 2. The highest BCUT2D eigenvalue weighted by atomic mass is 16.5. The summed E-state index contributed by atoms with van der Waals surface area (Å²) < 4.78 is 5.63. The average molecular weight is 236 g/mol. The van der Waals surface area contributed by atoms with Gasteiger partial charge in [-0.25, -0.2) is 0 Å². The zero-order chi connectivity index (χ0) is 13.1. The molecular formula is C13H21BO3. The van der Waals surface area contributed by atoms with Gasteiger partial charge < -0.3 is 14.8 Å². The summed E-state index contributed by atoms with van der Waals surface area (Å²) in [6, 6.07) is 5.29. The maximum absolute atomic E-state index is 9.09. The fourth-order valence-corrected chi connectivity index (χ4v) is 1.50. The van der Waals surface area contributed by atoms with Crippen LogP contribution in [0.1, 0.15) is 32.8 Å². The lowest BCUT2D eigenvalue weighted by atomic mass is 9.77. The molecule has 0 aromatic heterocycles. The van der Waals surface area contributed by atoms with Gasteiger partial charge in [0.1, 0.15) is 5.75 Å². The predicted molar refractivity (Wildman–Crippen MR) is 70.6 cm³/mol. The highest BCUT2D eigenvalue weighted by Crippen LogP contribution is 2.19. The SMILES string of the molecule is Cc1cc(OCCC(C)(C)C)ccc1B(O)O. The van der Waals surface area contributed by atoms with Crippen LogP contribution in [-0.2, 0) is 0 Å². The summed E-state index contributed by atoms with van der Waals surface area (Å²) in [5, 5.41) is 18.2. The number of rotatable bonds is 4. The van der Waals surface area contributed by atoms with Crippen molar-refractivity contribution >= 4 is 12.6 Å². The molecule has 17 heavy (non-hydrogen) atoms. The highest BCUT2D eigenvalue weighted by Gasteiger charge is 2.14. The number of aryl methyl sites for hydroxylation is 1. The van der Waals surface area contributed by atoms with Crippen molar-refractivity contribution in [3.8, 4) is 5.75 Å². The molecule has 1 aromatic rings. The molecule has 0 aliphatic heterocycles. The molecule has 0 amide bonds. The van der Waals surface area contributed by atoms with Crippen LogP contribution in [0, 0.1) is 12.3 Å². The Morgan fingerprint density at radius 1 is 1.24 bits per heavy atom. The summed E-state index contributed by atoms with van der Waals surface area (Å²) in [6.07, 6.45) is 0.983. The third-order valence-electron chi connectivity index (χ3n) is 2.64. The monoisotopic (exact) mass is 236 g/mol. The Balaban J connectivity index is 2.59. The minimum absolute atomic E-state index is 0.260. The first-order valence-corrected chi connectivity index (χ1v) is 5.89. The molecular weight excluding hydrogens is 215 g/mol. The topological polar surface area (TPSA) is 49.7 Å². The molecule has 1 aromatic carbocycles. The maximum atomic E-state index is 9.09. The van der Waals surface area contributed by atoms with E-state index in [0.29, 0.717) is 12.1 Å². The summed E-state index contributed by atoms with van der Waals surface area (Å²) >= 11 is 0. The first-order valence-electron chi connectivity index (χ1n) is 5.89. The van der Waals surface area contributed by atoms with Crippen LogP contribution in [0.5, 0.6) is 5.75 Å². The fourth-order valence-electron chi connectivity index (χ4n) is 1.50. The molecule has 0 saturated carbocycles. The molecule has 0 heterocycles. The van der Waals surface area contributed by atoms with Crippen molar-refractivity contribution in [1.82, 2.24) is 0 Å². The summed E-state index contributed by atoms with van der Waals surface area (Å²) in [7, 11) is -1.42. The molecule has 0 aliphatic carbocycles. The van der Waals surface area contributed by atoms with Crippen LogP contribution in [0.15, 0.2) is 18.2 Å². The van der Waals surface area contributed by atoms with Crippen molar-refractivity contribution in [3.05, 3.63) is 23.8 Å². The van der Waals surface area contributed by atoms with Crippen molar-refractivity contribution in [1.29, 1.82) is 0 Å². The van der Waals surface area contributed by atoms with E-state index in [1.807, 2.05) is 13.0 Å². The molecule has 4 heteroatoms. The quantitative estimate of drug-likeness (QED) is 0.778. The zero-order valence-corrected chi connectivity index (χ0v) is 11.0. The summed E-state index contributed by atoms with van der Waals surface area (Å²) in [5.74, 6) is 0.774. The molecule has 0 fully saturated rings. The van der Waals surface area contributed by atoms with E-state index in [4.69, 9.17) is 14.8 Å². The molecule has 0 aliphatic rings. The molecule has 0 unspecified atom stereocenters. The fraction of sp³-hybridized carbons (Fsp3) is 0.538. The molecule has 94 valence electrons. The highest BCUT2D eigenvalue weighted by molar-refractivity contribution is 6.59. The molecule has 0 bridgehead atoms. The van der Waals surface area contributed by atoms with Gasteiger partial charge in [0.15, 0.2) is 0 Å². The van der Waals surface area contributed by atoms with E-state index in [1.54, 1.807) is 12.1 Å². The number of ether oxygens (including phenoxy) is 1. The van der Waals surface area contributed by atoms with Gasteiger partial charge in [-0.1, -0.05) is 26.8 Å². The van der Waals surface area contributed by atoms with Gasteiger partial charge in [0.05, 0.1) is 6.61 Å².